The average Bonchev–Trinajstić information content (AvgIpc) is 3.28. The van der Waals surface area contributed by atoms with Gasteiger partial charge in [0.1, 0.15) is 0 Å². The van der Waals surface area contributed by atoms with Crippen LogP contribution in [0.5, 0.6) is 0 Å². The molecule has 0 aliphatic carbocycles. The minimum absolute atomic E-state index is 0.0616. The molecule has 128 valence electrons. The summed E-state index contributed by atoms with van der Waals surface area (Å²) >= 11 is 0. The molecular formula is C20H21N3O2. The normalized spacial score (nSPS) is 15.8. The van der Waals surface area contributed by atoms with Crippen LogP contribution in [0.15, 0.2) is 42.5 Å². The predicted molar refractivity (Wildman–Crippen MR) is 97.8 cm³/mol. The van der Waals surface area contributed by atoms with E-state index in [1.165, 1.54) is 5.56 Å². The molecule has 1 fully saturated rings. The van der Waals surface area contributed by atoms with E-state index >= 15 is 0 Å². The standard InChI is InChI=1S/C20H21N3O2/c24-19-2-1-11-23(19)17-6-3-14(4-7-17)13-22-20(25)16-5-8-18-15(12-16)9-10-21-18/h3-8,12,21H,1-2,9-11,13H2,(H,22,25). The van der Waals surface area contributed by atoms with Crippen LogP contribution in [-0.4, -0.2) is 24.9 Å². The Bertz CT molecular complexity index is 814. The van der Waals surface area contributed by atoms with Crippen LogP contribution in [0.3, 0.4) is 0 Å². The SMILES string of the molecule is O=C(NCc1ccc(N2CCCC2=O)cc1)c1ccc2c(c1)CCN2. The van der Waals surface area contributed by atoms with Crippen molar-refractivity contribution in [2.45, 2.75) is 25.8 Å². The molecule has 1 saturated heterocycles. The van der Waals surface area contributed by atoms with Gasteiger partial charge in [-0.3, -0.25) is 9.59 Å². The molecule has 2 aromatic carbocycles. The lowest BCUT2D eigenvalue weighted by molar-refractivity contribution is -0.117. The van der Waals surface area contributed by atoms with Gasteiger partial charge in [-0.05, 0) is 54.3 Å². The van der Waals surface area contributed by atoms with E-state index in [9.17, 15) is 9.59 Å². The van der Waals surface area contributed by atoms with Crippen molar-refractivity contribution in [1.29, 1.82) is 0 Å². The second-order valence-corrected chi connectivity index (χ2v) is 6.55. The van der Waals surface area contributed by atoms with Gasteiger partial charge in [-0.1, -0.05) is 12.1 Å². The first-order valence-electron chi connectivity index (χ1n) is 8.75. The summed E-state index contributed by atoms with van der Waals surface area (Å²) in [4.78, 5) is 25.9. The van der Waals surface area contributed by atoms with Gasteiger partial charge in [0, 0.05) is 43.0 Å². The molecule has 5 nitrogen and oxygen atoms in total. The summed E-state index contributed by atoms with van der Waals surface area (Å²) in [7, 11) is 0. The molecule has 0 bridgehead atoms. The fraction of sp³-hybridized carbons (Fsp3) is 0.300. The van der Waals surface area contributed by atoms with Crippen LogP contribution in [-0.2, 0) is 17.8 Å². The lowest BCUT2D eigenvalue weighted by Crippen LogP contribution is -2.24. The van der Waals surface area contributed by atoms with E-state index in [0.29, 0.717) is 18.5 Å². The molecule has 5 heteroatoms. The smallest absolute Gasteiger partial charge is 0.251 e. The van der Waals surface area contributed by atoms with Crippen LogP contribution < -0.4 is 15.5 Å². The molecule has 2 aliphatic rings. The zero-order valence-electron chi connectivity index (χ0n) is 14.0. The van der Waals surface area contributed by atoms with Gasteiger partial charge < -0.3 is 15.5 Å². The Morgan fingerprint density at radius 2 is 1.96 bits per heavy atom. The predicted octanol–water partition coefficient (Wildman–Crippen LogP) is 2.71. The minimum Gasteiger partial charge on any atom is -0.384 e. The fourth-order valence-electron chi connectivity index (χ4n) is 3.45. The van der Waals surface area contributed by atoms with E-state index in [1.807, 2.05) is 47.4 Å². The summed E-state index contributed by atoms with van der Waals surface area (Å²) in [6, 6.07) is 13.6. The van der Waals surface area contributed by atoms with E-state index in [0.717, 1.165) is 42.9 Å². The number of nitrogens with one attached hydrogen (secondary N) is 2. The van der Waals surface area contributed by atoms with Gasteiger partial charge in [-0.2, -0.15) is 0 Å². The third-order valence-corrected chi connectivity index (χ3v) is 4.85. The zero-order valence-corrected chi connectivity index (χ0v) is 14.0. The van der Waals surface area contributed by atoms with Gasteiger partial charge in [0.15, 0.2) is 0 Å². The molecule has 0 atom stereocenters. The van der Waals surface area contributed by atoms with Gasteiger partial charge in [0.2, 0.25) is 5.91 Å². The minimum atomic E-state index is -0.0616. The molecule has 2 amide bonds. The summed E-state index contributed by atoms with van der Waals surface area (Å²) in [5.41, 5.74) is 4.98. The summed E-state index contributed by atoms with van der Waals surface area (Å²) in [6.45, 7) is 2.21. The highest BCUT2D eigenvalue weighted by atomic mass is 16.2. The van der Waals surface area contributed by atoms with E-state index in [2.05, 4.69) is 10.6 Å². The van der Waals surface area contributed by atoms with Gasteiger partial charge in [-0.25, -0.2) is 0 Å². The van der Waals surface area contributed by atoms with Gasteiger partial charge in [0.05, 0.1) is 0 Å². The Labute approximate surface area is 147 Å². The van der Waals surface area contributed by atoms with Gasteiger partial charge in [0.25, 0.3) is 5.91 Å². The van der Waals surface area contributed by atoms with Crippen LogP contribution in [0.1, 0.15) is 34.3 Å². The van der Waals surface area contributed by atoms with E-state index in [-0.39, 0.29) is 11.8 Å². The van der Waals surface area contributed by atoms with Crippen LogP contribution in [0.25, 0.3) is 0 Å². The Morgan fingerprint density at radius 1 is 1.12 bits per heavy atom. The number of rotatable bonds is 4. The average molecular weight is 335 g/mol. The van der Waals surface area contributed by atoms with Crippen molar-refractivity contribution in [2.75, 3.05) is 23.3 Å². The maximum absolute atomic E-state index is 12.4. The van der Waals surface area contributed by atoms with Gasteiger partial charge >= 0.3 is 0 Å². The molecule has 0 radical (unpaired) electrons. The summed E-state index contributed by atoms with van der Waals surface area (Å²) in [5, 5.41) is 6.26. The highest BCUT2D eigenvalue weighted by Gasteiger charge is 2.21. The monoisotopic (exact) mass is 335 g/mol. The molecule has 2 heterocycles. The second-order valence-electron chi connectivity index (χ2n) is 6.55. The summed E-state index contributed by atoms with van der Waals surface area (Å²) in [6.07, 6.45) is 2.52. The number of anilines is 2. The topological polar surface area (TPSA) is 61.4 Å². The molecule has 0 spiro atoms. The van der Waals surface area contributed by atoms with Crippen molar-refractivity contribution in [3.63, 3.8) is 0 Å². The molecule has 0 saturated carbocycles. The van der Waals surface area contributed by atoms with E-state index in [1.54, 1.807) is 0 Å². The quantitative estimate of drug-likeness (QED) is 0.903. The fourth-order valence-corrected chi connectivity index (χ4v) is 3.45. The van der Waals surface area contributed by atoms with Crippen molar-refractivity contribution in [3.8, 4) is 0 Å². The van der Waals surface area contributed by atoms with Crippen molar-refractivity contribution in [3.05, 3.63) is 59.2 Å². The third-order valence-electron chi connectivity index (χ3n) is 4.85. The van der Waals surface area contributed by atoms with Crippen molar-refractivity contribution in [1.82, 2.24) is 5.32 Å². The lowest BCUT2D eigenvalue weighted by atomic mass is 10.1. The van der Waals surface area contributed by atoms with Crippen molar-refractivity contribution in [2.24, 2.45) is 0 Å². The first-order chi connectivity index (χ1) is 12.2. The highest BCUT2D eigenvalue weighted by molar-refractivity contribution is 5.96. The maximum Gasteiger partial charge on any atom is 0.251 e. The van der Waals surface area contributed by atoms with Crippen LogP contribution in [0, 0.1) is 0 Å². The van der Waals surface area contributed by atoms with Crippen molar-refractivity contribution >= 4 is 23.2 Å². The van der Waals surface area contributed by atoms with Gasteiger partial charge in [-0.15, -0.1) is 0 Å². The Kier molecular flexibility index (Phi) is 4.14. The first kappa shape index (κ1) is 15.7. The Balaban J connectivity index is 1.38. The largest absolute Gasteiger partial charge is 0.384 e. The molecule has 4 rings (SSSR count). The molecule has 2 aliphatic heterocycles. The highest BCUT2D eigenvalue weighted by Crippen LogP contribution is 2.23. The van der Waals surface area contributed by atoms with E-state index < -0.39 is 0 Å². The molecule has 0 unspecified atom stereocenters. The Morgan fingerprint density at radius 3 is 2.72 bits per heavy atom. The summed E-state index contributed by atoms with van der Waals surface area (Å²) < 4.78 is 0. The second kappa shape index (κ2) is 6.59. The molecule has 0 aromatic heterocycles. The molecule has 25 heavy (non-hydrogen) atoms. The number of fused-ring (bicyclic) bond motifs is 1. The summed E-state index contributed by atoms with van der Waals surface area (Å²) in [5.74, 6) is 0.126. The lowest BCUT2D eigenvalue weighted by Gasteiger charge is -2.16. The number of benzene rings is 2. The molecular weight excluding hydrogens is 314 g/mol. The number of hydrogen-bond acceptors (Lipinski definition) is 3. The maximum atomic E-state index is 12.4. The van der Waals surface area contributed by atoms with Crippen LogP contribution in [0.2, 0.25) is 0 Å². The Hall–Kier alpha value is -2.82. The number of carbonyl (C=O) groups excluding carboxylic acids is 2. The number of hydrogen-bond donors (Lipinski definition) is 2. The van der Waals surface area contributed by atoms with Crippen molar-refractivity contribution < 1.29 is 9.59 Å². The third kappa shape index (κ3) is 3.22. The van der Waals surface area contributed by atoms with Crippen LogP contribution in [0.4, 0.5) is 11.4 Å². The number of amides is 2. The van der Waals surface area contributed by atoms with Crippen LogP contribution >= 0.6 is 0 Å². The molecule has 2 aromatic rings. The number of nitrogens with zero attached hydrogens (tertiary/aromatic N) is 1. The van der Waals surface area contributed by atoms with E-state index in [4.69, 9.17) is 0 Å². The number of carbonyl (C=O) groups is 2. The zero-order chi connectivity index (χ0) is 17.2. The molecule has 2 N–H and O–H groups in total. The first-order valence-corrected chi connectivity index (χ1v) is 8.75.